The highest BCUT2D eigenvalue weighted by molar-refractivity contribution is 7.93. The van der Waals surface area contributed by atoms with E-state index < -0.39 is 11.7 Å². The summed E-state index contributed by atoms with van der Waals surface area (Å²) >= 11 is 0.848. The Labute approximate surface area is 140 Å². The van der Waals surface area contributed by atoms with Gasteiger partial charge in [0, 0.05) is 11.3 Å². The molecule has 0 spiro atoms. The zero-order valence-corrected chi connectivity index (χ0v) is 14.0. The molecule has 0 radical (unpaired) electrons. The van der Waals surface area contributed by atoms with Gasteiger partial charge in [-0.3, -0.25) is 0 Å². The van der Waals surface area contributed by atoms with Crippen molar-refractivity contribution in [1.29, 1.82) is 0 Å². The lowest BCUT2D eigenvalue weighted by Gasteiger charge is -2.39. The summed E-state index contributed by atoms with van der Waals surface area (Å²) in [6.07, 6.45) is 3.02. The number of alkyl halides is 3. The monoisotopic (exact) mass is 347 g/mol. The van der Waals surface area contributed by atoms with Crippen molar-refractivity contribution < 1.29 is 17.7 Å². The van der Waals surface area contributed by atoms with Crippen LogP contribution in [0.5, 0.6) is 0 Å². The summed E-state index contributed by atoms with van der Waals surface area (Å²) in [5.41, 5.74) is 0.341. The van der Waals surface area contributed by atoms with Gasteiger partial charge >= 0.3 is 6.18 Å². The Morgan fingerprint density at radius 2 is 1.74 bits per heavy atom. The maximum Gasteiger partial charge on any atom is 0.416 e. The van der Waals surface area contributed by atoms with Crippen LogP contribution in [0.4, 0.5) is 13.2 Å². The van der Waals surface area contributed by atoms with Crippen LogP contribution in [-0.2, 0) is 12.6 Å². The van der Waals surface area contributed by atoms with Crippen molar-refractivity contribution in [2.24, 2.45) is 0 Å². The SMILES string of the molecule is OSCCCNC1(Cc2ccc(C(F)(F)F)cc2)CCCCC1. The van der Waals surface area contributed by atoms with Crippen molar-refractivity contribution in [1.82, 2.24) is 5.32 Å². The van der Waals surface area contributed by atoms with Crippen LogP contribution in [-0.4, -0.2) is 22.4 Å². The Hall–Kier alpha value is -0.720. The van der Waals surface area contributed by atoms with Gasteiger partial charge in [0.15, 0.2) is 0 Å². The lowest BCUT2D eigenvalue weighted by Crippen LogP contribution is -2.49. The van der Waals surface area contributed by atoms with E-state index >= 15 is 0 Å². The molecule has 0 aromatic heterocycles. The van der Waals surface area contributed by atoms with Crippen LogP contribution in [0, 0.1) is 0 Å². The molecule has 2 N–H and O–H groups in total. The third kappa shape index (κ3) is 5.69. The average Bonchev–Trinajstić information content (AvgIpc) is 2.52. The molecule has 23 heavy (non-hydrogen) atoms. The molecule has 0 amide bonds. The third-order valence-electron chi connectivity index (χ3n) is 4.55. The molecule has 0 heterocycles. The minimum atomic E-state index is -4.28. The van der Waals surface area contributed by atoms with E-state index in [1.165, 1.54) is 18.6 Å². The zero-order valence-electron chi connectivity index (χ0n) is 13.2. The molecule has 0 saturated heterocycles. The van der Waals surface area contributed by atoms with Gasteiger partial charge in [0.25, 0.3) is 0 Å². The maximum atomic E-state index is 12.7. The molecule has 0 unspecified atom stereocenters. The van der Waals surface area contributed by atoms with E-state index in [1.807, 2.05) is 0 Å². The van der Waals surface area contributed by atoms with E-state index in [0.29, 0.717) is 5.75 Å². The van der Waals surface area contributed by atoms with Gasteiger partial charge in [-0.15, -0.1) is 0 Å². The maximum absolute atomic E-state index is 12.7. The van der Waals surface area contributed by atoms with Crippen molar-refractivity contribution in [2.75, 3.05) is 12.3 Å². The zero-order chi connectivity index (χ0) is 16.8. The summed E-state index contributed by atoms with van der Waals surface area (Å²) in [4.78, 5) is 0. The summed E-state index contributed by atoms with van der Waals surface area (Å²) in [7, 11) is 0. The van der Waals surface area contributed by atoms with E-state index in [2.05, 4.69) is 5.32 Å². The molecule has 0 aliphatic heterocycles. The molecule has 1 aromatic carbocycles. The molecule has 2 nitrogen and oxygen atoms in total. The standard InChI is InChI=1S/C17H24F3NOS/c18-17(19,20)15-7-5-14(6-8-15)13-16(9-2-1-3-10-16)21-11-4-12-23-22/h5-8,21-22H,1-4,9-13H2. The fourth-order valence-electron chi connectivity index (χ4n) is 3.34. The van der Waals surface area contributed by atoms with Crippen LogP contribution in [0.2, 0.25) is 0 Å². The Balaban J connectivity index is 2.02. The Morgan fingerprint density at radius 1 is 1.09 bits per heavy atom. The third-order valence-corrected chi connectivity index (χ3v) is 5.02. The van der Waals surface area contributed by atoms with Gasteiger partial charge < -0.3 is 9.87 Å². The van der Waals surface area contributed by atoms with Crippen molar-refractivity contribution in [3.8, 4) is 0 Å². The van der Waals surface area contributed by atoms with Crippen LogP contribution in [0.1, 0.15) is 49.7 Å². The second-order valence-electron chi connectivity index (χ2n) is 6.33. The molecule has 2 rings (SSSR count). The average molecular weight is 347 g/mol. The number of rotatable bonds is 7. The largest absolute Gasteiger partial charge is 0.416 e. The Bertz CT molecular complexity index is 470. The van der Waals surface area contributed by atoms with Crippen molar-refractivity contribution in [3.63, 3.8) is 0 Å². The van der Waals surface area contributed by atoms with Gasteiger partial charge in [-0.05, 0) is 62.0 Å². The van der Waals surface area contributed by atoms with Crippen molar-refractivity contribution in [2.45, 2.75) is 56.7 Å². The van der Waals surface area contributed by atoms with Gasteiger partial charge in [-0.25, -0.2) is 0 Å². The minimum absolute atomic E-state index is 0.0158. The first-order valence-corrected chi connectivity index (χ1v) is 9.07. The molecule has 6 heteroatoms. The van der Waals surface area contributed by atoms with E-state index in [9.17, 15) is 13.2 Å². The second kappa shape index (κ2) is 8.40. The number of hydrogen-bond donors (Lipinski definition) is 2. The van der Waals surface area contributed by atoms with Gasteiger partial charge in [0.2, 0.25) is 0 Å². The van der Waals surface area contributed by atoms with Crippen molar-refractivity contribution in [3.05, 3.63) is 35.4 Å². The van der Waals surface area contributed by atoms with E-state index in [-0.39, 0.29) is 5.54 Å². The lowest BCUT2D eigenvalue weighted by atomic mass is 9.77. The normalized spacial score (nSPS) is 18.1. The first kappa shape index (κ1) is 18.6. The Kier molecular flexibility index (Phi) is 6.80. The second-order valence-corrected chi connectivity index (χ2v) is 6.99. The molecular weight excluding hydrogens is 323 g/mol. The highest BCUT2D eigenvalue weighted by atomic mass is 32.2. The number of benzene rings is 1. The summed E-state index contributed by atoms with van der Waals surface area (Å²) in [5, 5.41) is 3.62. The molecule has 1 saturated carbocycles. The fourth-order valence-corrected chi connectivity index (χ4v) is 3.61. The molecular formula is C17H24F3NOS. The van der Waals surface area contributed by atoms with Crippen LogP contribution in [0.25, 0.3) is 0 Å². The lowest BCUT2D eigenvalue weighted by molar-refractivity contribution is -0.137. The van der Waals surface area contributed by atoms with Crippen molar-refractivity contribution >= 4 is 12.0 Å². The smallest absolute Gasteiger partial charge is 0.330 e. The van der Waals surface area contributed by atoms with E-state index in [4.69, 9.17) is 4.55 Å². The molecule has 1 fully saturated rings. The molecule has 1 aliphatic carbocycles. The molecule has 0 atom stereocenters. The summed E-state index contributed by atoms with van der Waals surface area (Å²) in [6.45, 7) is 0.828. The molecule has 0 bridgehead atoms. The molecule has 130 valence electrons. The number of hydrogen-bond acceptors (Lipinski definition) is 3. The molecule has 1 aromatic rings. The van der Waals surface area contributed by atoms with Gasteiger partial charge in [-0.1, -0.05) is 31.4 Å². The summed E-state index contributed by atoms with van der Waals surface area (Å²) < 4.78 is 46.8. The highest BCUT2D eigenvalue weighted by Crippen LogP contribution is 2.33. The summed E-state index contributed by atoms with van der Waals surface area (Å²) in [6, 6.07) is 5.55. The first-order chi connectivity index (χ1) is 11.0. The first-order valence-electron chi connectivity index (χ1n) is 8.13. The topological polar surface area (TPSA) is 32.3 Å². The number of halogens is 3. The highest BCUT2D eigenvalue weighted by Gasteiger charge is 2.33. The predicted molar refractivity (Wildman–Crippen MR) is 88.7 cm³/mol. The van der Waals surface area contributed by atoms with Gasteiger partial charge in [0.05, 0.1) is 5.56 Å². The number of nitrogens with one attached hydrogen (secondary N) is 1. The van der Waals surface area contributed by atoms with E-state index in [0.717, 1.165) is 62.7 Å². The van der Waals surface area contributed by atoms with Crippen LogP contribution < -0.4 is 5.32 Å². The van der Waals surface area contributed by atoms with E-state index in [1.54, 1.807) is 12.1 Å². The van der Waals surface area contributed by atoms with Crippen LogP contribution in [0.15, 0.2) is 24.3 Å². The molecule has 1 aliphatic rings. The fraction of sp³-hybridized carbons (Fsp3) is 0.647. The van der Waals surface area contributed by atoms with Crippen LogP contribution in [0.3, 0.4) is 0 Å². The quantitative estimate of drug-likeness (QED) is 0.529. The van der Waals surface area contributed by atoms with Crippen LogP contribution >= 0.6 is 12.0 Å². The van der Waals surface area contributed by atoms with Gasteiger partial charge in [-0.2, -0.15) is 13.2 Å². The minimum Gasteiger partial charge on any atom is -0.330 e. The van der Waals surface area contributed by atoms with Gasteiger partial charge in [0.1, 0.15) is 0 Å². The predicted octanol–water partition coefficient (Wildman–Crippen LogP) is 5.14. The Morgan fingerprint density at radius 3 is 2.30 bits per heavy atom. The summed E-state index contributed by atoms with van der Waals surface area (Å²) in [5.74, 6) is 0.698.